The second kappa shape index (κ2) is 4.45. The molecule has 0 heterocycles. The minimum atomic E-state index is -1.16. The molecule has 0 bridgehead atoms. The number of hydrogen-bond acceptors (Lipinski definition) is 5. The summed E-state index contributed by atoms with van der Waals surface area (Å²) in [6, 6.07) is -1.16. The van der Waals surface area contributed by atoms with Gasteiger partial charge < -0.3 is 16.2 Å². The van der Waals surface area contributed by atoms with Gasteiger partial charge in [-0.15, -0.1) is 0 Å². The maximum Gasteiger partial charge on any atom is 0.331 e. The number of rotatable bonds is 3. The van der Waals surface area contributed by atoms with E-state index < -0.39 is 23.9 Å². The molecule has 0 aromatic heterocycles. The van der Waals surface area contributed by atoms with Gasteiger partial charge in [0.2, 0.25) is 5.91 Å². The summed E-state index contributed by atoms with van der Waals surface area (Å²) < 4.78 is 4.10. The highest BCUT2D eigenvalue weighted by Crippen LogP contribution is 1.91. The van der Waals surface area contributed by atoms with Gasteiger partial charge in [0.25, 0.3) is 0 Å². The van der Waals surface area contributed by atoms with Crippen LogP contribution in [-0.2, 0) is 19.1 Å². The summed E-state index contributed by atoms with van der Waals surface area (Å²) in [5.74, 6) is -2.43. The van der Waals surface area contributed by atoms with Gasteiger partial charge in [-0.1, -0.05) is 0 Å². The second-order valence-corrected chi connectivity index (χ2v) is 2.19. The molecule has 1 atom stereocenters. The summed E-state index contributed by atoms with van der Waals surface area (Å²) in [4.78, 5) is 31.2. The lowest BCUT2D eigenvalue weighted by atomic mass is 10.2. The highest BCUT2D eigenvalue weighted by Gasteiger charge is 2.18. The maximum atomic E-state index is 10.7. The number of nitrogens with two attached hydrogens (primary N) is 2. The van der Waals surface area contributed by atoms with Gasteiger partial charge in [0, 0.05) is 6.92 Å². The van der Waals surface area contributed by atoms with E-state index in [2.05, 4.69) is 4.74 Å². The lowest BCUT2D eigenvalue weighted by Crippen LogP contribution is -2.37. The van der Waals surface area contributed by atoms with Gasteiger partial charge in [-0.2, -0.15) is 0 Å². The van der Waals surface area contributed by atoms with Crippen molar-refractivity contribution in [1.29, 1.82) is 0 Å². The summed E-state index contributed by atoms with van der Waals surface area (Å²) in [7, 11) is 0. The van der Waals surface area contributed by atoms with Crippen LogP contribution >= 0.6 is 0 Å². The molecule has 6 nitrogen and oxygen atoms in total. The molecular weight excluding hydrogens is 164 g/mol. The predicted molar refractivity (Wildman–Crippen MR) is 38.6 cm³/mol. The van der Waals surface area contributed by atoms with Gasteiger partial charge in [-0.3, -0.25) is 9.59 Å². The molecule has 0 spiro atoms. The molecule has 0 aliphatic carbocycles. The zero-order valence-electron chi connectivity index (χ0n) is 6.57. The molecule has 0 aromatic rings. The summed E-state index contributed by atoms with van der Waals surface area (Å²) >= 11 is 0. The SMILES string of the molecule is CC(=O)OC(=O)[C@@H](N)CC(N)=O. The third-order valence-electron chi connectivity index (χ3n) is 0.968. The fourth-order valence-corrected chi connectivity index (χ4v) is 0.517. The molecular formula is C6H10N2O4. The monoisotopic (exact) mass is 174 g/mol. The molecule has 0 unspecified atom stereocenters. The summed E-state index contributed by atoms with van der Waals surface area (Å²) in [6.07, 6.45) is -0.327. The van der Waals surface area contributed by atoms with Crippen molar-refractivity contribution in [3.8, 4) is 0 Å². The van der Waals surface area contributed by atoms with Gasteiger partial charge >= 0.3 is 11.9 Å². The highest BCUT2D eigenvalue weighted by molar-refractivity contribution is 5.90. The molecule has 12 heavy (non-hydrogen) atoms. The van der Waals surface area contributed by atoms with Crippen molar-refractivity contribution >= 4 is 17.8 Å². The third kappa shape index (κ3) is 4.40. The van der Waals surface area contributed by atoms with Gasteiger partial charge in [0.15, 0.2) is 0 Å². The van der Waals surface area contributed by atoms with Crippen molar-refractivity contribution in [2.45, 2.75) is 19.4 Å². The Bertz CT molecular complexity index is 214. The lowest BCUT2D eigenvalue weighted by Gasteiger charge is -2.05. The van der Waals surface area contributed by atoms with E-state index in [1.54, 1.807) is 0 Å². The Morgan fingerprint density at radius 3 is 2.25 bits per heavy atom. The molecule has 0 aromatic carbocycles. The Morgan fingerprint density at radius 2 is 1.92 bits per heavy atom. The summed E-state index contributed by atoms with van der Waals surface area (Å²) in [5, 5.41) is 0. The van der Waals surface area contributed by atoms with Crippen molar-refractivity contribution in [1.82, 2.24) is 0 Å². The first-order valence-electron chi connectivity index (χ1n) is 3.19. The number of carbonyl (C=O) groups excluding carboxylic acids is 3. The largest absolute Gasteiger partial charge is 0.392 e. The lowest BCUT2D eigenvalue weighted by molar-refractivity contribution is -0.159. The molecule has 68 valence electrons. The van der Waals surface area contributed by atoms with Crippen LogP contribution in [0.3, 0.4) is 0 Å². The minimum absolute atomic E-state index is 0.327. The fraction of sp³-hybridized carbons (Fsp3) is 0.500. The number of ether oxygens (including phenoxy) is 1. The van der Waals surface area contributed by atoms with Crippen LogP contribution in [0.5, 0.6) is 0 Å². The maximum absolute atomic E-state index is 10.7. The Labute approximate surface area is 68.8 Å². The Hall–Kier alpha value is -1.43. The summed E-state index contributed by atoms with van der Waals surface area (Å²) in [6.45, 7) is 1.06. The first-order chi connectivity index (χ1) is 5.43. The van der Waals surface area contributed by atoms with Gasteiger partial charge in [0.05, 0.1) is 6.42 Å². The first-order valence-corrected chi connectivity index (χ1v) is 3.19. The molecule has 0 aliphatic rings. The van der Waals surface area contributed by atoms with Crippen LogP contribution in [0.1, 0.15) is 13.3 Å². The zero-order chi connectivity index (χ0) is 9.72. The van der Waals surface area contributed by atoms with Crippen molar-refractivity contribution in [3.05, 3.63) is 0 Å². The van der Waals surface area contributed by atoms with Crippen molar-refractivity contribution in [3.63, 3.8) is 0 Å². The van der Waals surface area contributed by atoms with E-state index in [0.717, 1.165) is 6.92 Å². The van der Waals surface area contributed by atoms with E-state index in [0.29, 0.717) is 0 Å². The predicted octanol–water partition coefficient (Wildman–Crippen LogP) is -1.72. The van der Waals surface area contributed by atoms with Crippen LogP contribution in [0.2, 0.25) is 0 Å². The first kappa shape index (κ1) is 10.6. The van der Waals surface area contributed by atoms with E-state index in [1.807, 2.05) is 0 Å². The molecule has 0 aliphatic heterocycles. The van der Waals surface area contributed by atoms with E-state index in [1.165, 1.54) is 0 Å². The summed E-state index contributed by atoms with van der Waals surface area (Å²) in [5.41, 5.74) is 9.89. The number of carbonyl (C=O) groups is 3. The number of esters is 2. The molecule has 0 radical (unpaired) electrons. The Balaban J connectivity index is 3.93. The van der Waals surface area contributed by atoms with Gasteiger partial charge in [0.1, 0.15) is 6.04 Å². The van der Waals surface area contributed by atoms with E-state index in [-0.39, 0.29) is 6.42 Å². The van der Waals surface area contributed by atoms with Crippen LogP contribution in [0.4, 0.5) is 0 Å². The third-order valence-corrected chi connectivity index (χ3v) is 0.968. The molecule has 1 amide bonds. The minimum Gasteiger partial charge on any atom is -0.392 e. The number of amides is 1. The molecule has 6 heteroatoms. The number of primary amides is 1. The van der Waals surface area contributed by atoms with Crippen LogP contribution < -0.4 is 11.5 Å². The topological polar surface area (TPSA) is 112 Å². The normalized spacial score (nSPS) is 11.8. The molecule has 0 saturated heterocycles. The van der Waals surface area contributed by atoms with E-state index in [4.69, 9.17) is 11.5 Å². The van der Waals surface area contributed by atoms with Crippen molar-refractivity contribution in [2.24, 2.45) is 11.5 Å². The quantitative estimate of drug-likeness (QED) is 0.390. The zero-order valence-corrected chi connectivity index (χ0v) is 6.57. The van der Waals surface area contributed by atoms with Gasteiger partial charge in [-0.05, 0) is 0 Å². The standard InChI is InChI=1S/C6H10N2O4/c1-3(9)12-6(11)4(7)2-5(8)10/h4H,2,7H2,1H3,(H2,8,10)/t4-/m0/s1. The van der Waals surface area contributed by atoms with Crippen molar-refractivity contribution in [2.75, 3.05) is 0 Å². The van der Waals surface area contributed by atoms with Gasteiger partial charge in [-0.25, -0.2) is 4.79 Å². The number of hydrogen-bond donors (Lipinski definition) is 2. The molecule has 0 fully saturated rings. The average Bonchev–Trinajstić information content (AvgIpc) is 1.84. The van der Waals surface area contributed by atoms with Crippen LogP contribution in [0.15, 0.2) is 0 Å². The molecule has 0 rings (SSSR count). The smallest absolute Gasteiger partial charge is 0.331 e. The van der Waals surface area contributed by atoms with E-state index >= 15 is 0 Å². The van der Waals surface area contributed by atoms with Crippen molar-refractivity contribution < 1.29 is 19.1 Å². The van der Waals surface area contributed by atoms with Crippen LogP contribution in [0, 0.1) is 0 Å². The van der Waals surface area contributed by atoms with E-state index in [9.17, 15) is 14.4 Å². The Morgan fingerprint density at radius 1 is 1.42 bits per heavy atom. The average molecular weight is 174 g/mol. The molecule has 0 saturated carbocycles. The van der Waals surface area contributed by atoms with Crippen LogP contribution in [-0.4, -0.2) is 23.9 Å². The van der Waals surface area contributed by atoms with Crippen LogP contribution in [0.25, 0.3) is 0 Å². The Kier molecular flexibility index (Phi) is 3.92. The molecule has 4 N–H and O–H groups in total. The fourth-order valence-electron chi connectivity index (χ4n) is 0.517. The highest BCUT2D eigenvalue weighted by atomic mass is 16.6. The second-order valence-electron chi connectivity index (χ2n) is 2.19.